The van der Waals surface area contributed by atoms with Gasteiger partial charge in [-0.15, -0.1) is 0 Å². The van der Waals surface area contributed by atoms with Gasteiger partial charge in [0.05, 0.1) is 11.6 Å². The average Bonchev–Trinajstić information content (AvgIpc) is 2.46. The van der Waals surface area contributed by atoms with Gasteiger partial charge in [-0.2, -0.15) is 0 Å². The fourth-order valence-corrected chi connectivity index (χ4v) is 2.05. The van der Waals surface area contributed by atoms with E-state index >= 15 is 0 Å². The highest BCUT2D eigenvalue weighted by Crippen LogP contribution is 2.18. The largest absolute Gasteiger partial charge is 0.398 e. The molecule has 2 aromatic rings. The lowest BCUT2D eigenvalue weighted by Gasteiger charge is -2.18. The van der Waals surface area contributed by atoms with Crippen LogP contribution in [0.4, 0.5) is 5.69 Å². The van der Waals surface area contributed by atoms with E-state index < -0.39 is 0 Å². The number of para-hydroxylation sites is 1. The summed E-state index contributed by atoms with van der Waals surface area (Å²) in [5.74, 6) is -0.157. The van der Waals surface area contributed by atoms with Gasteiger partial charge in [0.2, 0.25) is 0 Å². The van der Waals surface area contributed by atoms with Gasteiger partial charge in [0.15, 0.2) is 0 Å². The van der Waals surface area contributed by atoms with Crippen molar-refractivity contribution >= 4 is 11.6 Å². The van der Waals surface area contributed by atoms with Gasteiger partial charge in [0.1, 0.15) is 0 Å². The highest BCUT2D eigenvalue weighted by Gasteiger charge is 2.15. The molecule has 1 aromatic carbocycles. The summed E-state index contributed by atoms with van der Waals surface area (Å²) in [6, 6.07) is 10.9. The molecule has 0 saturated carbocycles. The number of nitrogens with zero attached hydrogens (tertiary/aromatic N) is 1. The van der Waals surface area contributed by atoms with Crippen molar-refractivity contribution in [3.05, 3.63) is 59.4 Å². The molecule has 2 rings (SSSR count). The third kappa shape index (κ3) is 3.15. The van der Waals surface area contributed by atoms with Crippen LogP contribution in [0.5, 0.6) is 0 Å². The summed E-state index contributed by atoms with van der Waals surface area (Å²) in [6.45, 7) is 3.97. The van der Waals surface area contributed by atoms with Gasteiger partial charge in [0.25, 0.3) is 5.91 Å². The first-order chi connectivity index (χ1) is 9.61. The predicted molar refractivity (Wildman–Crippen MR) is 80.3 cm³/mol. The number of carbonyl (C=O) groups is 1. The molecular weight excluding hydrogens is 250 g/mol. The molecule has 4 nitrogen and oxygen atoms in total. The molecule has 0 bridgehead atoms. The molecule has 0 radical (unpaired) electrons. The molecule has 1 amide bonds. The molecular formula is C16H19N3O. The van der Waals surface area contributed by atoms with Crippen LogP contribution < -0.4 is 11.1 Å². The van der Waals surface area contributed by atoms with Crippen LogP contribution in [-0.4, -0.2) is 10.9 Å². The number of rotatable bonds is 4. The highest BCUT2D eigenvalue weighted by atomic mass is 16.1. The van der Waals surface area contributed by atoms with Gasteiger partial charge in [0, 0.05) is 17.6 Å². The number of amides is 1. The van der Waals surface area contributed by atoms with Crippen molar-refractivity contribution in [3.63, 3.8) is 0 Å². The van der Waals surface area contributed by atoms with Crippen molar-refractivity contribution in [2.24, 2.45) is 0 Å². The number of benzene rings is 1. The minimum atomic E-state index is -0.157. The zero-order valence-corrected chi connectivity index (χ0v) is 11.8. The van der Waals surface area contributed by atoms with E-state index in [-0.39, 0.29) is 11.9 Å². The summed E-state index contributed by atoms with van der Waals surface area (Å²) in [5, 5.41) is 3.00. The Kier molecular flexibility index (Phi) is 4.35. The summed E-state index contributed by atoms with van der Waals surface area (Å²) in [6.07, 6.45) is 2.60. The number of hydrogen-bond donors (Lipinski definition) is 2. The summed E-state index contributed by atoms with van der Waals surface area (Å²) in [5.41, 5.74) is 8.78. The Balaban J connectivity index is 2.16. The Hall–Kier alpha value is -2.36. The van der Waals surface area contributed by atoms with Gasteiger partial charge in [-0.05, 0) is 37.1 Å². The van der Waals surface area contributed by atoms with Crippen LogP contribution in [-0.2, 0) is 0 Å². The van der Waals surface area contributed by atoms with Crippen LogP contribution in [0.25, 0.3) is 0 Å². The number of nitrogen functional groups attached to an aromatic ring is 1. The predicted octanol–water partition coefficient (Wildman–Crippen LogP) is 2.85. The van der Waals surface area contributed by atoms with Gasteiger partial charge in [-0.3, -0.25) is 9.78 Å². The summed E-state index contributed by atoms with van der Waals surface area (Å²) >= 11 is 0. The van der Waals surface area contributed by atoms with E-state index in [0.717, 1.165) is 17.7 Å². The van der Waals surface area contributed by atoms with Crippen LogP contribution in [0.2, 0.25) is 0 Å². The van der Waals surface area contributed by atoms with E-state index in [9.17, 15) is 4.79 Å². The lowest BCUT2D eigenvalue weighted by Crippen LogP contribution is -2.28. The Morgan fingerprint density at radius 1 is 1.30 bits per heavy atom. The van der Waals surface area contributed by atoms with Gasteiger partial charge in [-0.1, -0.05) is 25.1 Å². The van der Waals surface area contributed by atoms with Gasteiger partial charge in [-0.25, -0.2) is 0 Å². The number of nitrogens with two attached hydrogens (primary N) is 1. The molecule has 0 aliphatic rings. The van der Waals surface area contributed by atoms with Crippen molar-refractivity contribution in [3.8, 4) is 0 Å². The molecule has 3 N–H and O–H groups in total. The second-order valence-electron chi connectivity index (χ2n) is 4.75. The molecule has 20 heavy (non-hydrogen) atoms. The topological polar surface area (TPSA) is 68.0 Å². The van der Waals surface area contributed by atoms with Crippen molar-refractivity contribution in [1.29, 1.82) is 0 Å². The van der Waals surface area contributed by atoms with Crippen LogP contribution in [0.1, 0.15) is 41.0 Å². The number of hydrogen-bond acceptors (Lipinski definition) is 3. The molecule has 0 spiro atoms. The van der Waals surface area contributed by atoms with Gasteiger partial charge < -0.3 is 11.1 Å². The third-order valence-electron chi connectivity index (χ3n) is 3.26. The number of aryl methyl sites for hydroxylation is 1. The van der Waals surface area contributed by atoms with Crippen molar-refractivity contribution < 1.29 is 4.79 Å². The van der Waals surface area contributed by atoms with Crippen molar-refractivity contribution in [1.82, 2.24) is 10.3 Å². The molecule has 1 aromatic heterocycles. The first-order valence-corrected chi connectivity index (χ1v) is 6.69. The second-order valence-corrected chi connectivity index (χ2v) is 4.75. The SMILES string of the molecule is CCC(NC(=O)c1ccccc1N)c1ccc(C)nc1. The first kappa shape index (κ1) is 14.1. The molecule has 0 saturated heterocycles. The Morgan fingerprint density at radius 3 is 2.65 bits per heavy atom. The maximum absolute atomic E-state index is 12.3. The van der Waals surface area contributed by atoms with E-state index in [1.54, 1.807) is 24.4 Å². The minimum Gasteiger partial charge on any atom is -0.398 e. The molecule has 0 aliphatic heterocycles. The molecule has 1 atom stereocenters. The lowest BCUT2D eigenvalue weighted by atomic mass is 10.1. The van der Waals surface area contributed by atoms with Crippen molar-refractivity contribution in [2.45, 2.75) is 26.3 Å². The molecule has 104 valence electrons. The van der Waals surface area contributed by atoms with Crippen LogP contribution in [0, 0.1) is 6.92 Å². The maximum atomic E-state index is 12.3. The smallest absolute Gasteiger partial charge is 0.253 e. The Morgan fingerprint density at radius 2 is 2.05 bits per heavy atom. The van der Waals surface area contributed by atoms with E-state index in [1.165, 1.54) is 0 Å². The molecule has 0 fully saturated rings. The maximum Gasteiger partial charge on any atom is 0.253 e. The molecule has 4 heteroatoms. The van der Waals surface area contributed by atoms with Crippen molar-refractivity contribution in [2.75, 3.05) is 5.73 Å². The monoisotopic (exact) mass is 269 g/mol. The lowest BCUT2D eigenvalue weighted by molar-refractivity contribution is 0.0936. The van der Waals surface area contributed by atoms with Crippen LogP contribution >= 0.6 is 0 Å². The molecule has 0 aliphatic carbocycles. The van der Waals surface area contributed by atoms with Gasteiger partial charge >= 0.3 is 0 Å². The van der Waals surface area contributed by atoms with E-state index in [0.29, 0.717) is 11.3 Å². The second kappa shape index (κ2) is 6.19. The fourth-order valence-electron chi connectivity index (χ4n) is 2.05. The number of anilines is 1. The summed E-state index contributed by atoms with van der Waals surface area (Å²) in [4.78, 5) is 16.5. The number of pyridine rings is 1. The standard InChI is InChI=1S/C16H19N3O/c1-3-15(12-9-8-11(2)18-10-12)19-16(20)13-6-4-5-7-14(13)17/h4-10,15H,3,17H2,1-2H3,(H,19,20). The van der Waals surface area contributed by atoms with E-state index in [4.69, 9.17) is 5.73 Å². The zero-order chi connectivity index (χ0) is 14.5. The quantitative estimate of drug-likeness (QED) is 0.839. The normalized spacial score (nSPS) is 11.9. The Labute approximate surface area is 119 Å². The van der Waals surface area contributed by atoms with E-state index in [1.807, 2.05) is 32.0 Å². The number of carbonyl (C=O) groups excluding carboxylic acids is 1. The third-order valence-corrected chi connectivity index (χ3v) is 3.26. The molecule has 1 unspecified atom stereocenters. The first-order valence-electron chi connectivity index (χ1n) is 6.69. The van der Waals surface area contributed by atoms with Crippen LogP contribution in [0.15, 0.2) is 42.6 Å². The highest BCUT2D eigenvalue weighted by molar-refractivity contribution is 5.99. The van der Waals surface area contributed by atoms with Crippen LogP contribution in [0.3, 0.4) is 0 Å². The number of nitrogens with one attached hydrogen (secondary N) is 1. The summed E-state index contributed by atoms with van der Waals surface area (Å²) < 4.78 is 0. The summed E-state index contributed by atoms with van der Waals surface area (Å²) in [7, 11) is 0. The average molecular weight is 269 g/mol. The Bertz CT molecular complexity index is 593. The number of aromatic nitrogens is 1. The molecule has 1 heterocycles. The minimum absolute atomic E-state index is 0.0600. The zero-order valence-electron chi connectivity index (χ0n) is 11.8. The fraction of sp³-hybridized carbons (Fsp3) is 0.250. The van der Waals surface area contributed by atoms with E-state index in [2.05, 4.69) is 10.3 Å².